The van der Waals surface area contributed by atoms with Crippen LogP contribution < -0.4 is 0 Å². The normalized spacial score (nSPS) is 13.1. The second-order valence-electron chi connectivity index (χ2n) is 9.92. The maximum absolute atomic E-state index is 11.9. The molecule has 0 aromatic heterocycles. The van der Waals surface area contributed by atoms with E-state index in [0.717, 1.165) is 44.9 Å². The zero-order valence-corrected chi connectivity index (χ0v) is 23.2. The molecule has 0 bridgehead atoms. The molecule has 5 heteroatoms. The molecule has 0 amide bonds. The van der Waals surface area contributed by atoms with E-state index in [-0.39, 0.29) is 6.42 Å². The first-order valence-electron chi connectivity index (χ1n) is 14.7. The second-order valence-corrected chi connectivity index (χ2v) is 9.92. The van der Waals surface area contributed by atoms with Gasteiger partial charge in [0.1, 0.15) is 0 Å². The van der Waals surface area contributed by atoms with Crippen LogP contribution in [0.2, 0.25) is 0 Å². The highest BCUT2D eigenvalue weighted by atomic mass is 16.6. The molecule has 0 aromatic rings. The minimum absolute atomic E-state index is 0.293. The molecule has 5 nitrogen and oxygen atoms in total. The van der Waals surface area contributed by atoms with Crippen LogP contribution in [0.5, 0.6) is 0 Å². The maximum atomic E-state index is 11.9. The number of hydrogen-bond donors (Lipinski definition) is 1. The molecule has 1 N–H and O–H groups in total. The number of aliphatic hydroxyl groups excluding tert-OH is 1. The Hall–Kier alpha value is -1.36. The van der Waals surface area contributed by atoms with E-state index in [1.165, 1.54) is 70.6 Å². The summed E-state index contributed by atoms with van der Waals surface area (Å²) in [6.45, 7) is 7.12. The summed E-state index contributed by atoms with van der Waals surface area (Å²) in [6.07, 6.45) is 24.3. The standard InChI is InChI=1S/C30H56O5/c1-4-7-9-10-11-12-13-14-15-16-17-18-19-20-21-22-24-34-30(33)28(31)25-29(32)35-26-27(6-3)23-8-5-2/h14-15,27-28,31H,4-13,16-26H2,1-3H3. The van der Waals surface area contributed by atoms with Crippen LogP contribution in [0.3, 0.4) is 0 Å². The average molecular weight is 497 g/mol. The molecule has 35 heavy (non-hydrogen) atoms. The van der Waals surface area contributed by atoms with Gasteiger partial charge in [-0.25, -0.2) is 4.79 Å². The Morgan fingerprint density at radius 2 is 1.26 bits per heavy atom. The fraction of sp³-hybridized carbons (Fsp3) is 0.867. The number of ether oxygens (including phenoxy) is 2. The van der Waals surface area contributed by atoms with Gasteiger partial charge in [0.25, 0.3) is 0 Å². The first-order valence-corrected chi connectivity index (χ1v) is 14.7. The predicted molar refractivity (Wildman–Crippen MR) is 145 cm³/mol. The van der Waals surface area contributed by atoms with E-state index in [4.69, 9.17) is 9.47 Å². The van der Waals surface area contributed by atoms with Gasteiger partial charge in [-0.3, -0.25) is 4.79 Å². The van der Waals surface area contributed by atoms with Crippen LogP contribution in [0.15, 0.2) is 12.2 Å². The summed E-state index contributed by atoms with van der Waals surface area (Å²) in [7, 11) is 0. The van der Waals surface area contributed by atoms with Crippen molar-refractivity contribution in [3.63, 3.8) is 0 Å². The van der Waals surface area contributed by atoms with Crippen molar-refractivity contribution in [2.75, 3.05) is 13.2 Å². The van der Waals surface area contributed by atoms with Gasteiger partial charge in [0.05, 0.1) is 19.6 Å². The van der Waals surface area contributed by atoms with Crippen LogP contribution in [0.25, 0.3) is 0 Å². The van der Waals surface area contributed by atoms with Gasteiger partial charge in [-0.15, -0.1) is 0 Å². The summed E-state index contributed by atoms with van der Waals surface area (Å²) in [5.74, 6) is -0.927. The molecule has 0 saturated heterocycles. The minimum atomic E-state index is -1.44. The zero-order valence-electron chi connectivity index (χ0n) is 23.2. The molecule has 206 valence electrons. The van der Waals surface area contributed by atoms with Gasteiger partial charge in [0.15, 0.2) is 6.10 Å². The fourth-order valence-electron chi connectivity index (χ4n) is 4.03. The van der Waals surface area contributed by atoms with Crippen LogP contribution >= 0.6 is 0 Å². The van der Waals surface area contributed by atoms with Crippen molar-refractivity contribution in [1.29, 1.82) is 0 Å². The molecule has 0 heterocycles. The third-order valence-electron chi connectivity index (χ3n) is 6.56. The Bertz CT molecular complexity index is 517. The van der Waals surface area contributed by atoms with Gasteiger partial charge in [0.2, 0.25) is 0 Å². The van der Waals surface area contributed by atoms with Crippen molar-refractivity contribution in [1.82, 2.24) is 0 Å². The number of hydrogen-bond acceptors (Lipinski definition) is 5. The van der Waals surface area contributed by atoms with Gasteiger partial charge in [-0.2, -0.15) is 0 Å². The number of unbranched alkanes of at least 4 members (excludes halogenated alkanes) is 13. The number of aliphatic hydroxyl groups is 1. The lowest BCUT2D eigenvalue weighted by atomic mass is 10.0. The van der Waals surface area contributed by atoms with Crippen LogP contribution in [0.1, 0.15) is 143 Å². The minimum Gasteiger partial charge on any atom is -0.465 e. The highest BCUT2D eigenvalue weighted by molar-refractivity contribution is 5.81. The van der Waals surface area contributed by atoms with Crippen LogP contribution in [0, 0.1) is 5.92 Å². The monoisotopic (exact) mass is 496 g/mol. The average Bonchev–Trinajstić information content (AvgIpc) is 2.85. The summed E-state index contributed by atoms with van der Waals surface area (Å²) in [5.41, 5.74) is 0. The molecular formula is C30H56O5. The van der Waals surface area contributed by atoms with Crippen molar-refractivity contribution < 1.29 is 24.2 Å². The first-order chi connectivity index (χ1) is 17.0. The van der Waals surface area contributed by atoms with Crippen LogP contribution in [0.4, 0.5) is 0 Å². The summed E-state index contributed by atoms with van der Waals surface area (Å²) in [5, 5.41) is 9.91. The highest BCUT2D eigenvalue weighted by Gasteiger charge is 2.22. The predicted octanol–water partition coefficient (Wildman–Crippen LogP) is 8.08. The Labute approximate surface area is 216 Å². The molecule has 0 aliphatic carbocycles. The van der Waals surface area contributed by atoms with Gasteiger partial charge in [0, 0.05) is 0 Å². The van der Waals surface area contributed by atoms with E-state index in [1.807, 2.05) is 0 Å². The van der Waals surface area contributed by atoms with E-state index in [9.17, 15) is 14.7 Å². The quantitative estimate of drug-likeness (QED) is 0.0785. The molecule has 2 unspecified atom stereocenters. The van der Waals surface area contributed by atoms with E-state index in [1.54, 1.807) is 0 Å². The van der Waals surface area contributed by atoms with Gasteiger partial charge in [-0.1, -0.05) is 110 Å². The van der Waals surface area contributed by atoms with E-state index < -0.39 is 18.0 Å². The number of allylic oxidation sites excluding steroid dienone is 2. The Kier molecular flexibility index (Phi) is 24.7. The van der Waals surface area contributed by atoms with E-state index in [0.29, 0.717) is 19.1 Å². The molecule has 0 aliphatic rings. The molecule has 0 fully saturated rings. The Morgan fingerprint density at radius 1 is 0.714 bits per heavy atom. The molecule has 0 aliphatic heterocycles. The number of rotatable bonds is 25. The topological polar surface area (TPSA) is 72.8 Å². The summed E-state index contributed by atoms with van der Waals surface area (Å²) >= 11 is 0. The van der Waals surface area contributed by atoms with E-state index >= 15 is 0 Å². The largest absolute Gasteiger partial charge is 0.465 e. The van der Waals surface area contributed by atoms with Gasteiger partial charge < -0.3 is 14.6 Å². The Morgan fingerprint density at radius 3 is 1.83 bits per heavy atom. The fourth-order valence-corrected chi connectivity index (χ4v) is 4.03. The van der Waals surface area contributed by atoms with Crippen molar-refractivity contribution in [3.05, 3.63) is 12.2 Å². The SMILES string of the molecule is CCCCCCCCC=CCCCCCCCCOC(=O)C(O)CC(=O)OCC(CC)CCCC. The third-order valence-corrected chi connectivity index (χ3v) is 6.56. The zero-order chi connectivity index (χ0) is 26.0. The molecular weight excluding hydrogens is 440 g/mol. The lowest BCUT2D eigenvalue weighted by molar-refractivity contribution is -0.160. The third kappa shape index (κ3) is 22.8. The first kappa shape index (κ1) is 33.6. The number of carbonyl (C=O) groups excluding carboxylic acids is 2. The number of esters is 2. The van der Waals surface area contributed by atoms with Crippen molar-refractivity contribution in [2.24, 2.45) is 5.92 Å². The summed E-state index contributed by atoms with van der Waals surface area (Å²) in [4.78, 5) is 23.8. The molecule has 0 saturated carbocycles. The smallest absolute Gasteiger partial charge is 0.335 e. The van der Waals surface area contributed by atoms with Crippen molar-refractivity contribution >= 4 is 11.9 Å². The molecule has 0 aromatic carbocycles. The maximum Gasteiger partial charge on any atom is 0.335 e. The van der Waals surface area contributed by atoms with Crippen molar-refractivity contribution in [3.8, 4) is 0 Å². The van der Waals surface area contributed by atoms with Crippen LogP contribution in [-0.4, -0.2) is 36.4 Å². The van der Waals surface area contributed by atoms with Crippen molar-refractivity contribution in [2.45, 2.75) is 149 Å². The second kappa shape index (κ2) is 25.7. The number of carbonyl (C=O) groups is 2. The van der Waals surface area contributed by atoms with E-state index in [2.05, 4.69) is 32.9 Å². The molecule has 2 atom stereocenters. The molecule has 0 spiro atoms. The molecule has 0 rings (SSSR count). The highest BCUT2D eigenvalue weighted by Crippen LogP contribution is 2.14. The Balaban J connectivity index is 3.57. The molecule has 0 radical (unpaired) electrons. The van der Waals surface area contributed by atoms with Gasteiger partial charge in [-0.05, 0) is 44.4 Å². The summed E-state index contributed by atoms with van der Waals surface area (Å²) < 4.78 is 10.4. The van der Waals surface area contributed by atoms with Gasteiger partial charge >= 0.3 is 11.9 Å². The van der Waals surface area contributed by atoms with Crippen LogP contribution in [-0.2, 0) is 19.1 Å². The lowest BCUT2D eigenvalue weighted by Gasteiger charge is -2.15. The summed E-state index contributed by atoms with van der Waals surface area (Å²) in [6, 6.07) is 0. The lowest BCUT2D eigenvalue weighted by Crippen LogP contribution is -2.28.